The van der Waals surface area contributed by atoms with E-state index in [2.05, 4.69) is 29.4 Å². The first-order chi connectivity index (χ1) is 6.16. The van der Waals surface area contributed by atoms with Crippen LogP contribution in [-0.4, -0.2) is 33.9 Å². The zero-order chi connectivity index (χ0) is 9.84. The van der Waals surface area contributed by atoms with Crippen molar-refractivity contribution in [3.8, 4) is 0 Å². The number of hydrogen-bond donors (Lipinski definition) is 1. The fourth-order valence-corrected chi connectivity index (χ4v) is 1.15. The van der Waals surface area contributed by atoms with Gasteiger partial charge >= 0.3 is 0 Å². The Morgan fingerprint density at radius 3 is 2.62 bits per heavy atom. The number of nitrogens with zero attached hydrogens (tertiary/aromatic N) is 4. The molecule has 0 aliphatic rings. The van der Waals surface area contributed by atoms with E-state index in [1.165, 1.54) is 0 Å². The van der Waals surface area contributed by atoms with Crippen LogP contribution in [0.5, 0.6) is 0 Å². The van der Waals surface area contributed by atoms with E-state index in [0.717, 1.165) is 0 Å². The molecule has 0 bridgehead atoms. The number of nitrogens with two attached hydrogens (primary N) is 1. The number of aromatic nitrogens is 4. The van der Waals surface area contributed by atoms with Crippen molar-refractivity contribution < 1.29 is 4.74 Å². The molecule has 0 aliphatic carbocycles. The summed E-state index contributed by atoms with van der Waals surface area (Å²) in [6.07, 6.45) is 0. The molecule has 74 valence electrons. The Morgan fingerprint density at radius 1 is 1.54 bits per heavy atom. The average Bonchev–Trinajstić information content (AvgIpc) is 2.47. The Balaban J connectivity index is 2.82. The maximum atomic E-state index is 5.58. The average molecular weight is 185 g/mol. The van der Waals surface area contributed by atoms with E-state index < -0.39 is 0 Å². The topological polar surface area (TPSA) is 78.8 Å². The van der Waals surface area contributed by atoms with Crippen LogP contribution in [0.3, 0.4) is 0 Å². The third-order valence-electron chi connectivity index (χ3n) is 1.94. The zero-order valence-electron chi connectivity index (χ0n) is 8.14. The lowest BCUT2D eigenvalue weighted by atomic mass is 10.1. The molecule has 1 aromatic heterocycles. The monoisotopic (exact) mass is 185 g/mol. The van der Waals surface area contributed by atoms with Crippen LogP contribution in [-0.2, 0) is 4.74 Å². The molecule has 1 heterocycles. The highest BCUT2D eigenvalue weighted by atomic mass is 16.5. The van der Waals surface area contributed by atoms with Gasteiger partial charge < -0.3 is 10.5 Å². The van der Waals surface area contributed by atoms with Crippen molar-refractivity contribution in [1.82, 2.24) is 20.2 Å². The van der Waals surface area contributed by atoms with Crippen LogP contribution in [0, 0.1) is 5.92 Å². The summed E-state index contributed by atoms with van der Waals surface area (Å²) in [5.41, 5.74) is 5.58. The Bertz CT molecular complexity index is 259. The Morgan fingerprint density at radius 2 is 2.23 bits per heavy atom. The lowest BCUT2D eigenvalue weighted by Gasteiger charge is -2.19. The summed E-state index contributed by atoms with van der Waals surface area (Å²) in [6, 6.07) is 0.0972. The summed E-state index contributed by atoms with van der Waals surface area (Å²) in [5, 5.41) is 10.9. The van der Waals surface area contributed by atoms with Gasteiger partial charge in [-0.2, -0.15) is 0 Å². The van der Waals surface area contributed by atoms with E-state index in [-0.39, 0.29) is 6.04 Å². The van der Waals surface area contributed by atoms with Gasteiger partial charge in [0.15, 0.2) is 0 Å². The molecule has 2 N–H and O–H groups in total. The lowest BCUT2D eigenvalue weighted by Crippen LogP contribution is -2.23. The standard InChI is InChI=1S/C7H15N5O/c1-5(2)6(4-13-3)12-7(8)9-10-11-12/h5-6H,4H2,1-3H3,(H2,8,9,11). The van der Waals surface area contributed by atoms with E-state index in [4.69, 9.17) is 10.5 Å². The minimum absolute atomic E-state index is 0.0972. The van der Waals surface area contributed by atoms with Gasteiger partial charge in [0, 0.05) is 7.11 Å². The van der Waals surface area contributed by atoms with Crippen molar-refractivity contribution in [1.29, 1.82) is 0 Å². The van der Waals surface area contributed by atoms with E-state index in [1.54, 1.807) is 11.8 Å². The maximum absolute atomic E-state index is 5.58. The van der Waals surface area contributed by atoms with Crippen LogP contribution in [0.1, 0.15) is 19.9 Å². The van der Waals surface area contributed by atoms with Crippen LogP contribution in [0.15, 0.2) is 0 Å². The molecule has 0 aliphatic heterocycles. The molecule has 0 amide bonds. The van der Waals surface area contributed by atoms with Crippen molar-refractivity contribution in [2.24, 2.45) is 5.92 Å². The first kappa shape index (κ1) is 9.91. The SMILES string of the molecule is COCC(C(C)C)n1nnnc1N. The molecule has 0 saturated heterocycles. The van der Waals surface area contributed by atoms with E-state index in [1.807, 2.05) is 0 Å². The van der Waals surface area contributed by atoms with E-state index in [0.29, 0.717) is 18.5 Å². The molecular weight excluding hydrogens is 170 g/mol. The highest BCUT2D eigenvalue weighted by Crippen LogP contribution is 2.18. The predicted octanol–water partition coefficient (Wildman–Crippen LogP) is 0.0988. The molecule has 0 radical (unpaired) electrons. The second-order valence-electron chi connectivity index (χ2n) is 3.25. The Labute approximate surface area is 77.1 Å². The highest BCUT2D eigenvalue weighted by molar-refractivity contribution is 5.11. The first-order valence-corrected chi connectivity index (χ1v) is 4.19. The van der Waals surface area contributed by atoms with Gasteiger partial charge in [-0.3, -0.25) is 0 Å². The van der Waals surface area contributed by atoms with Crippen molar-refractivity contribution in [3.63, 3.8) is 0 Å². The van der Waals surface area contributed by atoms with Crippen LogP contribution < -0.4 is 5.73 Å². The summed E-state index contributed by atoms with van der Waals surface area (Å²) < 4.78 is 6.66. The Kier molecular flexibility index (Phi) is 3.18. The van der Waals surface area contributed by atoms with Crippen molar-refractivity contribution in [2.45, 2.75) is 19.9 Å². The molecule has 0 aromatic carbocycles. The first-order valence-electron chi connectivity index (χ1n) is 4.19. The molecule has 1 unspecified atom stereocenters. The molecule has 6 heteroatoms. The summed E-state index contributed by atoms with van der Waals surface area (Å²) >= 11 is 0. The fourth-order valence-electron chi connectivity index (χ4n) is 1.15. The minimum atomic E-state index is 0.0972. The number of hydrogen-bond acceptors (Lipinski definition) is 5. The quantitative estimate of drug-likeness (QED) is 0.719. The summed E-state index contributed by atoms with van der Waals surface area (Å²) in [4.78, 5) is 0. The van der Waals surface area contributed by atoms with Crippen molar-refractivity contribution in [3.05, 3.63) is 0 Å². The molecule has 6 nitrogen and oxygen atoms in total. The Hall–Kier alpha value is -1.17. The number of ether oxygens (including phenoxy) is 1. The molecule has 0 fully saturated rings. The number of rotatable bonds is 4. The molecule has 0 saturated carbocycles. The fraction of sp³-hybridized carbons (Fsp3) is 0.857. The number of tetrazole rings is 1. The van der Waals surface area contributed by atoms with Gasteiger partial charge in [0.1, 0.15) is 0 Å². The van der Waals surface area contributed by atoms with Gasteiger partial charge in [-0.25, -0.2) is 4.68 Å². The molecule has 1 aromatic rings. The van der Waals surface area contributed by atoms with Crippen molar-refractivity contribution in [2.75, 3.05) is 19.5 Å². The number of anilines is 1. The van der Waals surface area contributed by atoms with Crippen LogP contribution in [0.2, 0.25) is 0 Å². The summed E-state index contributed by atoms with van der Waals surface area (Å²) in [6.45, 7) is 4.71. The predicted molar refractivity (Wildman–Crippen MR) is 48.0 cm³/mol. The smallest absolute Gasteiger partial charge is 0.240 e. The number of methoxy groups -OCH3 is 1. The number of nitrogen functional groups attached to an aromatic ring is 1. The molecular formula is C7H15N5O. The molecule has 13 heavy (non-hydrogen) atoms. The largest absolute Gasteiger partial charge is 0.382 e. The van der Waals surface area contributed by atoms with Crippen LogP contribution in [0.25, 0.3) is 0 Å². The molecule has 0 spiro atoms. The van der Waals surface area contributed by atoms with Crippen LogP contribution in [0.4, 0.5) is 5.95 Å². The zero-order valence-corrected chi connectivity index (χ0v) is 8.14. The normalized spacial score (nSPS) is 13.5. The van der Waals surface area contributed by atoms with Gasteiger partial charge in [-0.15, -0.1) is 0 Å². The van der Waals surface area contributed by atoms with E-state index >= 15 is 0 Å². The van der Waals surface area contributed by atoms with Gasteiger partial charge in [0.2, 0.25) is 5.95 Å². The lowest BCUT2D eigenvalue weighted by molar-refractivity contribution is 0.126. The van der Waals surface area contributed by atoms with Gasteiger partial charge in [-0.05, 0) is 16.3 Å². The highest BCUT2D eigenvalue weighted by Gasteiger charge is 2.18. The van der Waals surface area contributed by atoms with E-state index in [9.17, 15) is 0 Å². The minimum Gasteiger partial charge on any atom is -0.382 e. The molecule has 1 rings (SSSR count). The summed E-state index contributed by atoms with van der Waals surface area (Å²) in [7, 11) is 1.65. The van der Waals surface area contributed by atoms with Crippen LogP contribution >= 0.6 is 0 Å². The third kappa shape index (κ3) is 2.15. The second kappa shape index (κ2) is 4.18. The van der Waals surface area contributed by atoms with Gasteiger partial charge in [0.25, 0.3) is 0 Å². The third-order valence-corrected chi connectivity index (χ3v) is 1.94. The summed E-state index contributed by atoms with van der Waals surface area (Å²) in [5.74, 6) is 0.710. The molecule has 1 atom stereocenters. The second-order valence-corrected chi connectivity index (χ2v) is 3.25. The maximum Gasteiger partial charge on any atom is 0.240 e. The van der Waals surface area contributed by atoms with Crippen molar-refractivity contribution >= 4 is 5.95 Å². The van der Waals surface area contributed by atoms with Gasteiger partial charge in [0.05, 0.1) is 12.6 Å². The van der Waals surface area contributed by atoms with Gasteiger partial charge in [-0.1, -0.05) is 18.9 Å².